The predicted octanol–water partition coefficient (Wildman–Crippen LogP) is 3.04. The summed E-state index contributed by atoms with van der Waals surface area (Å²) >= 11 is 0. The lowest BCUT2D eigenvalue weighted by Gasteiger charge is -2.30. The lowest BCUT2D eigenvalue weighted by atomic mass is 9.99. The van der Waals surface area contributed by atoms with Crippen LogP contribution in [-0.4, -0.2) is 55.1 Å². The zero-order valence-electron chi connectivity index (χ0n) is 17.1. The third-order valence-electron chi connectivity index (χ3n) is 5.67. The van der Waals surface area contributed by atoms with E-state index in [0.717, 1.165) is 56.8 Å². The van der Waals surface area contributed by atoms with Crippen LogP contribution >= 0.6 is 0 Å². The molecule has 0 amide bonds. The van der Waals surface area contributed by atoms with E-state index in [1.54, 1.807) is 0 Å². The number of ether oxygens (including phenoxy) is 4. The van der Waals surface area contributed by atoms with Crippen molar-refractivity contribution in [1.29, 1.82) is 0 Å². The summed E-state index contributed by atoms with van der Waals surface area (Å²) in [7, 11) is 0. The van der Waals surface area contributed by atoms with E-state index in [2.05, 4.69) is 23.7 Å². The Bertz CT molecular complexity index is 566. The monoisotopic (exact) mass is 390 g/mol. The normalized spacial score (nSPS) is 36.2. The first-order valence-corrected chi connectivity index (χ1v) is 10.5. The molecule has 0 aromatic heterocycles. The summed E-state index contributed by atoms with van der Waals surface area (Å²) in [6, 6.07) is 0. The molecule has 4 atom stereocenters. The smallest absolute Gasteiger partial charge is 0.158 e. The Balaban J connectivity index is 1.47. The van der Waals surface area contributed by atoms with Crippen molar-refractivity contribution in [2.24, 2.45) is 0 Å². The fourth-order valence-corrected chi connectivity index (χ4v) is 3.87. The van der Waals surface area contributed by atoms with E-state index in [1.807, 2.05) is 13.8 Å². The first kappa shape index (κ1) is 21.6. The largest absolute Gasteiger partial charge is 0.353 e. The van der Waals surface area contributed by atoms with Crippen molar-refractivity contribution in [3.63, 3.8) is 0 Å². The van der Waals surface area contributed by atoms with Crippen LogP contribution < -0.4 is 0 Å². The molecule has 3 saturated heterocycles. The van der Waals surface area contributed by atoms with E-state index >= 15 is 0 Å². The van der Waals surface area contributed by atoms with Gasteiger partial charge < -0.3 is 18.9 Å². The van der Waals surface area contributed by atoms with Crippen molar-refractivity contribution in [3.05, 3.63) is 0 Å². The molecule has 0 bridgehead atoms. The van der Waals surface area contributed by atoms with Gasteiger partial charge in [-0.15, -0.1) is 10.3 Å². The van der Waals surface area contributed by atoms with E-state index < -0.39 is 11.1 Å². The van der Waals surface area contributed by atoms with Crippen LogP contribution in [0.2, 0.25) is 0 Å². The van der Waals surface area contributed by atoms with Gasteiger partial charge in [-0.05, 0) is 65.2 Å². The van der Waals surface area contributed by atoms with Crippen LogP contribution in [0.15, 0.2) is 0 Å². The molecular formula is C22H32NO5. The Morgan fingerprint density at radius 3 is 1.71 bits per heavy atom. The molecule has 28 heavy (non-hydrogen) atoms. The predicted molar refractivity (Wildman–Crippen MR) is 103 cm³/mol. The van der Waals surface area contributed by atoms with E-state index in [0.29, 0.717) is 12.8 Å². The molecule has 6 heteroatoms. The van der Waals surface area contributed by atoms with E-state index in [-0.39, 0.29) is 25.8 Å². The molecule has 0 saturated carbocycles. The third-order valence-corrected chi connectivity index (χ3v) is 5.67. The molecule has 0 aliphatic carbocycles. The van der Waals surface area contributed by atoms with Crippen LogP contribution in [0.5, 0.6) is 0 Å². The van der Waals surface area contributed by atoms with Gasteiger partial charge in [-0.25, -0.2) is 0 Å². The molecule has 3 heterocycles. The van der Waals surface area contributed by atoms with Gasteiger partial charge in [0.15, 0.2) is 12.6 Å². The fraction of sp³-hybridized carbons (Fsp3) is 0.818. The van der Waals surface area contributed by atoms with Gasteiger partial charge >= 0.3 is 0 Å². The van der Waals surface area contributed by atoms with Gasteiger partial charge in [-0.1, -0.05) is 23.7 Å². The maximum Gasteiger partial charge on any atom is 0.158 e. The lowest BCUT2D eigenvalue weighted by molar-refractivity contribution is -0.224. The van der Waals surface area contributed by atoms with E-state index in [4.69, 9.17) is 18.9 Å². The Labute approximate surface area is 168 Å². The minimum atomic E-state index is -0.743. The molecule has 155 valence electrons. The summed E-state index contributed by atoms with van der Waals surface area (Å²) in [6.07, 6.45) is 7.29. The fourth-order valence-electron chi connectivity index (χ4n) is 3.87. The molecule has 0 aromatic carbocycles. The molecule has 0 N–H and O–H groups in total. The van der Waals surface area contributed by atoms with Crippen molar-refractivity contribution < 1.29 is 24.2 Å². The molecule has 6 nitrogen and oxygen atoms in total. The van der Waals surface area contributed by atoms with Crippen molar-refractivity contribution in [2.45, 2.75) is 88.9 Å². The second-order valence-corrected chi connectivity index (χ2v) is 8.16. The molecule has 0 aromatic rings. The summed E-state index contributed by atoms with van der Waals surface area (Å²) in [4.78, 5) is 0. The number of rotatable bonds is 4. The maximum absolute atomic E-state index is 12.9. The minimum Gasteiger partial charge on any atom is -0.353 e. The summed E-state index contributed by atoms with van der Waals surface area (Å²) in [5.41, 5.74) is -1.49. The lowest BCUT2D eigenvalue weighted by Crippen LogP contribution is -2.46. The summed E-state index contributed by atoms with van der Waals surface area (Å²) in [5.74, 6) is 12.2. The van der Waals surface area contributed by atoms with E-state index in [1.165, 1.54) is 0 Å². The van der Waals surface area contributed by atoms with Crippen LogP contribution in [0.1, 0.15) is 65.2 Å². The quantitative estimate of drug-likeness (QED) is 0.691. The summed E-state index contributed by atoms with van der Waals surface area (Å²) < 4.78 is 22.3. The number of nitrogens with zero attached hydrogens (tertiary/aromatic N) is 1. The third kappa shape index (κ3) is 5.70. The first-order chi connectivity index (χ1) is 13.5. The molecule has 0 spiro atoms. The zero-order chi connectivity index (χ0) is 19.9. The summed E-state index contributed by atoms with van der Waals surface area (Å²) in [6.45, 7) is 5.82. The van der Waals surface area contributed by atoms with Crippen molar-refractivity contribution in [3.8, 4) is 23.7 Å². The van der Waals surface area contributed by atoms with Crippen molar-refractivity contribution in [1.82, 2.24) is 5.06 Å². The van der Waals surface area contributed by atoms with Gasteiger partial charge in [0.2, 0.25) is 0 Å². The van der Waals surface area contributed by atoms with Gasteiger partial charge in [0.25, 0.3) is 0 Å². The van der Waals surface area contributed by atoms with Gasteiger partial charge in [-0.3, -0.25) is 0 Å². The molecular weight excluding hydrogens is 358 g/mol. The van der Waals surface area contributed by atoms with Crippen LogP contribution in [0.4, 0.5) is 0 Å². The minimum absolute atomic E-state index is 0.160. The number of hydrogen-bond acceptors (Lipinski definition) is 5. The highest BCUT2D eigenvalue weighted by Crippen LogP contribution is 2.39. The standard InChI is InChI=1S/C22H32NO5/c1-21(11-7-17-27-19-9-3-5-15-25-19)13-14-22(2,23(21)24)12-8-18-28-20-10-4-6-16-26-20/h19-20H,3-6,9-10,13-18H2,1-2H3/t19?,20?,21-,22-/m1/s1. The SMILES string of the molecule is C[C@@]1(C#CCOC2CCCCO2)CC[C@@](C)(C#CCOC2CCCCO2)N1[O]. The number of hydrogen-bond donors (Lipinski definition) is 0. The highest BCUT2D eigenvalue weighted by Gasteiger charge is 2.49. The maximum atomic E-state index is 12.9. The molecule has 3 aliphatic rings. The second-order valence-electron chi connectivity index (χ2n) is 8.16. The van der Waals surface area contributed by atoms with Crippen LogP contribution in [0.3, 0.4) is 0 Å². The van der Waals surface area contributed by atoms with Crippen LogP contribution in [0.25, 0.3) is 0 Å². The highest BCUT2D eigenvalue weighted by atomic mass is 16.7. The van der Waals surface area contributed by atoms with Gasteiger partial charge in [0, 0.05) is 13.2 Å². The molecule has 3 aliphatic heterocycles. The number of hydroxylamine groups is 2. The first-order valence-electron chi connectivity index (χ1n) is 10.5. The molecule has 1 radical (unpaired) electrons. The van der Waals surface area contributed by atoms with E-state index in [9.17, 15) is 5.21 Å². The van der Waals surface area contributed by atoms with Crippen molar-refractivity contribution in [2.75, 3.05) is 26.4 Å². The highest BCUT2D eigenvalue weighted by molar-refractivity contribution is 5.27. The van der Waals surface area contributed by atoms with Crippen LogP contribution in [-0.2, 0) is 24.2 Å². The topological polar surface area (TPSA) is 60.1 Å². The molecule has 3 rings (SSSR count). The molecule has 3 fully saturated rings. The second kappa shape index (κ2) is 10.1. The van der Waals surface area contributed by atoms with Crippen molar-refractivity contribution >= 4 is 0 Å². The average Bonchev–Trinajstić information content (AvgIpc) is 2.95. The van der Waals surface area contributed by atoms with Gasteiger partial charge in [-0.2, -0.15) is 0 Å². The summed E-state index contributed by atoms with van der Waals surface area (Å²) in [5, 5.41) is 14.0. The van der Waals surface area contributed by atoms with Gasteiger partial charge in [0.05, 0.1) is 0 Å². The Kier molecular flexibility index (Phi) is 7.77. The Morgan fingerprint density at radius 2 is 1.32 bits per heavy atom. The zero-order valence-corrected chi connectivity index (χ0v) is 17.1. The Hall–Kier alpha value is -1.12. The van der Waals surface area contributed by atoms with Gasteiger partial charge in [0.1, 0.15) is 24.3 Å². The average molecular weight is 391 g/mol. The molecule has 2 unspecified atom stereocenters. The van der Waals surface area contributed by atoms with Crippen LogP contribution in [0, 0.1) is 23.7 Å². The Morgan fingerprint density at radius 1 is 0.857 bits per heavy atom.